The molecule has 0 radical (unpaired) electrons. The largest absolute Gasteiger partial charge is 0.377 e. The molecule has 0 bridgehead atoms. The fourth-order valence-electron chi connectivity index (χ4n) is 2.12. The van der Waals surface area contributed by atoms with Gasteiger partial charge < -0.3 is 20.7 Å². The molecule has 2 rings (SSSR count). The van der Waals surface area contributed by atoms with Crippen LogP contribution in [0, 0.1) is 6.92 Å². The molecule has 0 spiro atoms. The molecule has 1 unspecified atom stereocenters. The van der Waals surface area contributed by atoms with Gasteiger partial charge in [-0.15, -0.1) is 0 Å². The summed E-state index contributed by atoms with van der Waals surface area (Å²) in [5, 5.41) is 3.22. The van der Waals surface area contributed by atoms with Crippen LogP contribution in [-0.2, 0) is 4.74 Å². The molecule has 0 saturated carbocycles. The molecule has 6 nitrogen and oxygen atoms in total. The van der Waals surface area contributed by atoms with Crippen molar-refractivity contribution in [1.82, 2.24) is 9.97 Å². The molecule has 1 aromatic rings. The predicted octanol–water partition coefficient (Wildman–Crippen LogP) is 0.381. The summed E-state index contributed by atoms with van der Waals surface area (Å²) in [6.45, 7) is 7.58. The van der Waals surface area contributed by atoms with Crippen LogP contribution >= 0.6 is 0 Å². The SMILES string of the molecule is CCNc1cc(N2CCOCC2CN)nc(C)n1. The number of aryl methyl sites for hydroxylation is 1. The number of rotatable bonds is 4. The molecule has 1 fully saturated rings. The Balaban J connectivity index is 2.24. The zero-order chi connectivity index (χ0) is 13.0. The van der Waals surface area contributed by atoms with Gasteiger partial charge in [0.25, 0.3) is 0 Å². The van der Waals surface area contributed by atoms with Crippen molar-refractivity contribution in [3.8, 4) is 0 Å². The average Bonchev–Trinajstić information content (AvgIpc) is 2.38. The molecule has 1 aromatic heterocycles. The molecule has 2 heterocycles. The van der Waals surface area contributed by atoms with Gasteiger partial charge in [-0.2, -0.15) is 0 Å². The molecule has 1 aliphatic rings. The Hall–Kier alpha value is -1.40. The van der Waals surface area contributed by atoms with Crippen molar-refractivity contribution < 1.29 is 4.74 Å². The van der Waals surface area contributed by atoms with E-state index in [0.29, 0.717) is 13.2 Å². The van der Waals surface area contributed by atoms with Crippen LogP contribution in [0.2, 0.25) is 0 Å². The first-order valence-corrected chi connectivity index (χ1v) is 6.38. The number of nitrogens with one attached hydrogen (secondary N) is 1. The number of ether oxygens (including phenoxy) is 1. The van der Waals surface area contributed by atoms with Crippen LogP contribution < -0.4 is 16.0 Å². The van der Waals surface area contributed by atoms with Crippen LogP contribution in [-0.4, -0.2) is 48.9 Å². The van der Waals surface area contributed by atoms with Crippen LogP contribution in [0.25, 0.3) is 0 Å². The number of hydrogen-bond acceptors (Lipinski definition) is 6. The second-order valence-electron chi connectivity index (χ2n) is 4.35. The van der Waals surface area contributed by atoms with Crippen LogP contribution in [0.1, 0.15) is 12.7 Å². The van der Waals surface area contributed by atoms with Crippen molar-refractivity contribution >= 4 is 11.6 Å². The fraction of sp³-hybridized carbons (Fsp3) is 0.667. The molecule has 6 heteroatoms. The summed E-state index contributed by atoms with van der Waals surface area (Å²) < 4.78 is 5.45. The predicted molar refractivity (Wildman–Crippen MR) is 71.9 cm³/mol. The maximum absolute atomic E-state index is 5.79. The van der Waals surface area contributed by atoms with Gasteiger partial charge in [-0.3, -0.25) is 0 Å². The zero-order valence-corrected chi connectivity index (χ0v) is 11.0. The van der Waals surface area contributed by atoms with E-state index in [9.17, 15) is 0 Å². The Kier molecular flexibility index (Phi) is 4.33. The second kappa shape index (κ2) is 5.97. The van der Waals surface area contributed by atoms with Crippen molar-refractivity contribution in [3.05, 3.63) is 11.9 Å². The molecule has 0 aromatic carbocycles. The molecule has 0 aliphatic carbocycles. The molecule has 18 heavy (non-hydrogen) atoms. The fourth-order valence-corrected chi connectivity index (χ4v) is 2.12. The third-order valence-electron chi connectivity index (χ3n) is 2.98. The van der Waals surface area contributed by atoms with Gasteiger partial charge in [0.15, 0.2) is 0 Å². The van der Waals surface area contributed by atoms with Crippen molar-refractivity contribution in [3.63, 3.8) is 0 Å². The molecule has 100 valence electrons. The van der Waals surface area contributed by atoms with E-state index >= 15 is 0 Å². The summed E-state index contributed by atoms with van der Waals surface area (Å²) in [6, 6.07) is 2.17. The van der Waals surface area contributed by atoms with E-state index in [1.807, 2.05) is 13.0 Å². The first kappa shape index (κ1) is 13.0. The summed E-state index contributed by atoms with van der Waals surface area (Å²) in [6.07, 6.45) is 0. The monoisotopic (exact) mass is 251 g/mol. The van der Waals surface area contributed by atoms with Crippen molar-refractivity contribution in [2.45, 2.75) is 19.9 Å². The minimum Gasteiger partial charge on any atom is -0.377 e. The van der Waals surface area contributed by atoms with E-state index in [1.165, 1.54) is 0 Å². The van der Waals surface area contributed by atoms with Gasteiger partial charge in [0.05, 0.1) is 19.3 Å². The highest BCUT2D eigenvalue weighted by Crippen LogP contribution is 2.20. The number of morpholine rings is 1. The van der Waals surface area contributed by atoms with E-state index < -0.39 is 0 Å². The van der Waals surface area contributed by atoms with Gasteiger partial charge in [0, 0.05) is 25.7 Å². The van der Waals surface area contributed by atoms with Crippen LogP contribution in [0.4, 0.5) is 11.6 Å². The summed E-state index contributed by atoms with van der Waals surface area (Å²) in [7, 11) is 0. The summed E-state index contributed by atoms with van der Waals surface area (Å²) in [4.78, 5) is 11.1. The van der Waals surface area contributed by atoms with Gasteiger partial charge in [-0.05, 0) is 13.8 Å². The van der Waals surface area contributed by atoms with Crippen LogP contribution in [0.3, 0.4) is 0 Å². The highest BCUT2D eigenvalue weighted by molar-refractivity contribution is 5.50. The lowest BCUT2D eigenvalue weighted by Crippen LogP contribution is -2.50. The average molecular weight is 251 g/mol. The molecule has 0 amide bonds. The molecule has 1 saturated heterocycles. The second-order valence-corrected chi connectivity index (χ2v) is 4.35. The third kappa shape index (κ3) is 2.88. The lowest BCUT2D eigenvalue weighted by Gasteiger charge is -2.35. The Labute approximate surface area is 108 Å². The normalized spacial score (nSPS) is 19.9. The Morgan fingerprint density at radius 3 is 3.11 bits per heavy atom. The Bertz CT molecular complexity index is 398. The number of nitrogens with zero attached hydrogens (tertiary/aromatic N) is 3. The van der Waals surface area contributed by atoms with Crippen LogP contribution in [0.5, 0.6) is 0 Å². The van der Waals surface area contributed by atoms with E-state index in [2.05, 4.69) is 27.1 Å². The lowest BCUT2D eigenvalue weighted by molar-refractivity contribution is 0.0958. The quantitative estimate of drug-likeness (QED) is 0.805. The highest BCUT2D eigenvalue weighted by Gasteiger charge is 2.23. The minimum absolute atomic E-state index is 0.197. The van der Waals surface area contributed by atoms with E-state index in [4.69, 9.17) is 10.5 Å². The molecule has 3 N–H and O–H groups in total. The molecular formula is C12H21N5O. The zero-order valence-electron chi connectivity index (χ0n) is 11.0. The molecular weight excluding hydrogens is 230 g/mol. The summed E-state index contributed by atoms with van der Waals surface area (Å²) in [5.41, 5.74) is 5.79. The van der Waals surface area contributed by atoms with E-state index in [0.717, 1.165) is 37.2 Å². The Morgan fingerprint density at radius 1 is 1.56 bits per heavy atom. The summed E-state index contributed by atoms with van der Waals surface area (Å²) >= 11 is 0. The number of anilines is 2. The standard InChI is InChI=1S/C12H21N5O/c1-3-14-11-6-12(16-9(2)15-11)17-4-5-18-8-10(17)7-13/h6,10H,3-5,7-8,13H2,1-2H3,(H,14,15,16). The van der Waals surface area contributed by atoms with Gasteiger partial charge in [-0.25, -0.2) is 9.97 Å². The van der Waals surface area contributed by atoms with Gasteiger partial charge in [0.1, 0.15) is 17.5 Å². The van der Waals surface area contributed by atoms with E-state index in [1.54, 1.807) is 0 Å². The van der Waals surface area contributed by atoms with Crippen molar-refractivity contribution in [2.24, 2.45) is 5.73 Å². The molecule has 1 atom stereocenters. The van der Waals surface area contributed by atoms with Gasteiger partial charge in [0.2, 0.25) is 0 Å². The Morgan fingerprint density at radius 2 is 2.39 bits per heavy atom. The number of hydrogen-bond donors (Lipinski definition) is 2. The van der Waals surface area contributed by atoms with Crippen molar-refractivity contribution in [1.29, 1.82) is 0 Å². The number of aromatic nitrogens is 2. The first-order chi connectivity index (χ1) is 8.74. The van der Waals surface area contributed by atoms with Crippen molar-refractivity contribution in [2.75, 3.05) is 43.1 Å². The highest BCUT2D eigenvalue weighted by atomic mass is 16.5. The maximum atomic E-state index is 5.79. The topological polar surface area (TPSA) is 76.3 Å². The summed E-state index contributed by atoms with van der Waals surface area (Å²) in [5.74, 6) is 2.56. The maximum Gasteiger partial charge on any atom is 0.134 e. The third-order valence-corrected chi connectivity index (χ3v) is 2.98. The smallest absolute Gasteiger partial charge is 0.134 e. The minimum atomic E-state index is 0.197. The van der Waals surface area contributed by atoms with Crippen LogP contribution in [0.15, 0.2) is 6.07 Å². The lowest BCUT2D eigenvalue weighted by atomic mass is 10.2. The number of nitrogens with two attached hydrogens (primary N) is 1. The van der Waals surface area contributed by atoms with Gasteiger partial charge >= 0.3 is 0 Å². The van der Waals surface area contributed by atoms with E-state index in [-0.39, 0.29) is 6.04 Å². The first-order valence-electron chi connectivity index (χ1n) is 6.38. The van der Waals surface area contributed by atoms with Gasteiger partial charge in [-0.1, -0.05) is 0 Å². The molecule has 1 aliphatic heterocycles.